The van der Waals surface area contributed by atoms with Crippen molar-refractivity contribution in [2.75, 3.05) is 0 Å². The summed E-state index contributed by atoms with van der Waals surface area (Å²) in [5, 5.41) is 10.3. The quantitative estimate of drug-likeness (QED) is 0.226. The normalized spacial score (nSPS) is 14.9. The highest BCUT2D eigenvalue weighted by Crippen LogP contribution is 2.34. The number of aromatic nitrogens is 1. The molecule has 1 aliphatic heterocycles. The summed E-state index contributed by atoms with van der Waals surface area (Å²) in [6.07, 6.45) is 3.13. The van der Waals surface area contributed by atoms with Crippen molar-refractivity contribution in [2.45, 2.75) is 6.17 Å². The number of nitrogens with zero attached hydrogens (tertiary/aromatic N) is 3. The lowest BCUT2D eigenvalue weighted by Gasteiger charge is -2.23. The number of furan rings is 1. The van der Waals surface area contributed by atoms with Crippen molar-refractivity contribution < 1.29 is 4.42 Å². The molecule has 0 spiro atoms. The van der Waals surface area contributed by atoms with Gasteiger partial charge in [-0.05, 0) is 68.6 Å². The molecule has 0 fully saturated rings. The summed E-state index contributed by atoms with van der Waals surface area (Å²) in [5.41, 5.74) is 6.92. The Hall–Kier alpha value is -6.07. The molecule has 0 saturated carbocycles. The Kier molecular flexibility index (Phi) is 5.81. The number of hydrogen-bond donors (Lipinski definition) is 1. The van der Waals surface area contributed by atoms with Gasteiger partial charge >= 0.3 is 0 Å². The van der Waals surface area contributed by atoms with E-state index in [0.29, 0.717) is 0 Å². The van der Waals surface area contributed by atoms with Crippen molar-refractivity contribution in [3.8, 4) is 11.1 Å². The fourth-order valence-electron chi connectivity index (χ4n) is 6.33. The van der Waals surface area contributed by atoms with Crippen LogP contribution in [0.4, 0.5) is 0 Å². The Labute approximate surface area is 259 Å². The number of nitrogens with one attached hydrogen (secondary N) is 1. The van der Waals surface area contributed by atoms with Gasteiger partial charge in [0.1, 0.15) is 17.3 Å². The van der Waals surface area contributed by atoms with Crippen LogP contribution in [-0.2, 0) is 0 Å². The van der Waals surface area contributed by atoms with Crippen LogP contribution in [0.1, 0.15) is 22.9 Å². The first-order chi connectivity index (χ1) is 22.3. The van der Waals surface area contributed by atoms with Crippen LogP contribution in [0.5, 0.6) is 0 Å². The monoisotopic (exact) mass is 578 g/mol. The molecular formula is C40H26N4O. The molecule has 2 aromatic heterocycles. The maximum absolute atomic E-state index is 6.18. The third-order valence-electron chi connectivity index (χ3n) is 8.59. The highest BCUT2D eigenvalue weighted by Gasteiger charge is 2.24. The van der Waals surface area contributed by atoms with Gasteiger partial charge < -0.3 is 9.73 Å². The zero-order valence-electron chi connectivity index (χ0n) is 24.2. The first-order valence-electron chi connectivity index (χ1n) is 15.0. The van der Waals surface area contributed by atoms with Crippen molar-refractivity contribution in [3.63, 3.8) is 0 Å². The summed E-state index contributed by atoms with van der Waals surface area (Å²) in [4.78, 5) is 14.7. The second-order valence-corrected chi connectivity index (χ2v) is 11.4. The number of rotatable bonds is 4. The van der Waals surface area contributed by atoms with E-state index in [1.165, 1.54) is 21.9 Å². The van der Waals surface area contributed by atoms with Crippen LogP contribution in [-0.4, -0.2) is 16.7 Å². The van der Waals surface area contributed by atoms with Gasteiger partial charge in [-0.3, -0.25) is 4.98 Å². The summed E-state index contributed by atoms with van der Waals surface area (Å²) < 4.78 is 6.18. The highest BCUT2D eigenvalue weighted by atomic mass is 16.3. The zero-order valence-corrected chi connectivity index (χ0v) is 24.2. The Morgan fingerprint density at radius 2 is 1.29 bits per heavy atom. The van der Waals surface area contributed by atoms with Gasteiger partial charge in [0.15, 0.2) is 11.7 Å². The minimum Gasteiger partial charge on any atom is -0.454 e. The Bertz CT molecular complexity index is 2470. The minimum absolute atomic E-state index is 0.428. The highest BCUT2D eigenvalue weighted by molar-refractivity contribution is 6.23. The Balaban J connectivity index is 1.21. The Morgan fingerprint density at radius 3 is 2.20 bits per heavy atom. The smallest absolute Gasteiger partial charge is 0.169 e. The number of hydrogen-bond acceptors (Lipinski definition) is 5. The van der Waals surface area contributed by atoms with E-state index in [0.717, 1.165) is 61.1 Å². The van der Waals surface area contributed by atoms with E-state index in [2.05, 4.69) is 119 Å². The molecule has 5 heteroatoms. The summed E-state index contributed by atoms with van der Waals surface area (Å²) in [6.45, 7) is 0. The number of amidine groups is 2. The molecule has 1 unspecified atom stereocenters. The van der Waals surface area contributed by atoms with Gasteiger partial charge in [0.2, 0.25) is 0 Å². The van der Waals surface area contributed by atoms with E-state index in [-0.39, 0.29) is 0 Å². The first-order valence-corrected chi connectivity index (χ1v) is 15.0. The molecule has 212 valence electrons. The zero-order chi connectivity index (χ0) is 29.7. The van der Waals surface area contributed by atoms with Crippen LogP contribution in [0.15, 0.2) is 160 Å². The molecule has 8 aromatic rings. The van der Waals surface area contributed by atoms with Crippen molar-refractivity contribution in [3.05, 3.63) is 163 Å². The minimum atomic E-state index is -0.428. The van der Waals surface area contributed by atoms with Crippen LogP contribution in [0.2, 0.25) is 0 Å². The van der Waals surface area contributed by atoms with Gasteiger partial charge in [-0.2, -0.15) is 0 Å². The van der Waals surface area contributed by atoms with E-state index < -0.39 is 6.17 Å². The lowest BCUT2D eigenvalue weighted by Crippen LogP contribution is -2.36. The largest absolute Gasteiger partial charge is 0.454 e. The maximum atomic E-state index is 6.18. The third kappa shape index (κ3) is 4.45. The molecule has 0 amide bonds. The number of aliphatic imine (C=N–C) groups is 2. The fourth-order valence-corrected chi connectivity index (χ4v) is 6.33. The molecule has 1 aliphatic rings. The van der Waals surface area contributed by atoms with Gasteiger partial charge in [0.25, 0.3) is 0 Å². The van der Waals surface area contributed by atoms with Gasteiger partial charge in [-0.15, -0.1) is 0 Å². The molecular weight excluding hydrogens is 552 g/mol. The second-order valence-electron chi connectivity index (χ2n) is 11.4. The molecule has 6 aromatic carbocycles. The number of fused-ring (bicyclic) bond motifs is 5. The van der Waals surface area contributed by atoms with E-state index in [9.17, 15) is 0 Å². The molecule has 1 N–H and O–H groups in total. The predicted octanol–water partition coefficient (Wildman–Crippen LogP) is 9.45. The SMILES string of the molecule is c1ccc(-c2ccc3ccc(C4=NC(c5ccc6ccccc6c5)N=C(c5cccc6oc7cnccc7c56)N4)cc3c2)cc1. The maximum Gasteiger partial charge on any atom is 0.169 e. The molecule has 0 bridgehead atoms. The molecule has 0 saturated heterocycles. The molecule has 0 radical (unpaired) electrons. The first kappa shape index (κ1) is 25.4. The molecule has 0 aliphatic carbocycles. The summed E-state index contributed by atoms with van der Waals surface area (Å²) >= 11 is 0. The molecule has 45 heavy (non-hydrogen) atoms. The van der Waals surface area contributed by atoms with Gasteiger partial charge in [0.05, 0.1) is 6.20 Å². The Morgan fingerprint density at radius 1 is 0.533 bits per heavy atom. The fraction of sp³-hybridized carbons (Fsp3) is 0.0250. The average molecular weight is 579 g/mol. The van der Waals surface area contributed by atoms with Gasteiger partial charge in [-0.25, -0.2) is 9.98 Å². The summed E-state index contributed by atoms with van der Waals surface area (Å²) in [5.74, 6) is 1.53. The predicted molar refractivity (Wildman–Crippen MR) is 184 cm³/mol. The third-order valence-corrected chi connectivity index (χ3v) is 8.59. The van der Waals surface area contributed by atoms with Crippen molar-refractivity contribution in [2.24, 2.45) is 9.98 Å². The number of benzene rings is 6. The standard InChI is InChI=1S/C40H26N4O/c1-2-7-25(8-3-1)29-16-13-27-15-18-31(23-32(27)22-29)39-42-38(30-17-14-26-9-4-5-10-28(26)21-30)43-40(44-39)34-11-6-12-35-37(34)33-19-20-41-24-36(33)45-35/h1-24,38H,(H,42,43,44). The van der Waals surface area contributed by atoms with Gasteiger partial charge in [-0.1, -0.05) is 103 Å². The van der Waals surface area contributed by atoms with Crippen molar-refractivity contribution in [1.29, 1.82) is 0 Å². The van der Waals surface area contributed by atoms with E-state index >= 15 is 0 Å². The number of pyridine rings is 1. The van der Waals surface area contributed by atoms with Crippen LogP contribution >= 0.6 is 0 Å². The van der Waals surface area contributed by atoms with Crippen molar-refractivity contribution in [1.82, 2.24) is 10.3 Å². The lowest BCUT2D eigenvalue weighted by molar-refractivity contribution is 0.667. The summed E-state index contributed by atoms with van der Waals surface area (Å²) in [6, 6.07) is 46.6. The molecule has 3 heterocycles. The topological polar surface area (TPSA) is 62.8 Å². The van der Waals surface area contributed by atoms with Crippen LogP contribution < -0.4 is 5.32 Å². The van der Waals surface area contributed by atoms with Crippen molar-refractivity contribution >= 4 is 55.2 Å². The molecule has 5 nitrogen and oxygen atoms in total. The molecule has 9 rings (SSSR count). The van der Waals surface area contributed by atoms with Crippen LogP contribution in [0, 0.1) is 0 Å². The average Bonchev–Trinajstić information content (AvgIpc) is 3.50. The summed E-state index contributed by atoms with van der Waals surface area (Å²) in [7, 11) is 0. The molecule has 1 atom stereocenters. The van der Waals surface area contributed by atoms with E-state index in [1.807, 2.05) is 24.3 Å². The van der Waals surface area contributed by atoms with E-state index in [4.69, 9.17) is 14.4 Å². The lowest BCUT2D eigenvalue weighted by atomic mass is 9.99. The van der Waals surface area contributed by atoms with Gasteiger partial charge in [0, 0.05) is 28.1 Å². The second kappa shape index (κ2) is 10.3. The van der Waals surface area contributed by atoms with E-state index in [1.54, 1.807) is 12.4 Å². The van der Waals surface area contributed by atoms with Crippen LogP contribution in [0.25, 0.3) is 54.6 Å². The van der Waals surface area contributed by atoms with Crippen LogP contribution in [0.3, 0.4) is 0 Å².